The van der Waals surface area contributed by atoms with E-state index in [0.717, 1.165) is 6.54 Å². The van der Waals surface area contributed by atoms with Gasteiger partial charge >= 0.3 is 5.97 Å². The minimum Gasteiger partial charge on any atom is -0.481 e. The van der Waals surface area contributed by atoms with E-state index in [0.29, 0.717) is 13.0 Å². The lowest BCUT2D eigenvalue weighted by Gasteiger charge is -2.28. The second-order valence-electron chi connectivity index (χ2n) is 3.60. The Labute approximate surface area is 85.5 Å². The molecule has 0 aliphatic carbocycles. The first-order valence-corrected chi connectivity index (χ1v) is 5.15. The molecule has 0 bridgehead atoms. The normalized spacial score (nSPS) is 15.5. The van der Waals surface area contributed by atoms with E-state index in [4.69, 9.17) is 5.11 Å². The fraction of sp³-hybridized carbons (Fsp3) is 0.900. The Kier molecular flexibility index (Phi) is 6.49. The number of hydrogen-bond acceptors (Lipinski definition) is 3. The number of carboxylic acids is 1. The maximum atomic E-state index is 10.5. The summed E-state index contributed by atoms with van der Waals surface area (Å²) < 4.78 is 0. The topological polar surface area (TPSA) is 60.8 Å². The number of aliphatic hydroxyl groups excluding tert-OH is 1. The Morgan fingerprint density at radius 2 is 2.00 bits per heavy atom. The van der Waals surface area contributed by atoms with Crippen molar-refractivity contribution >= 4 is 5.97 Å². The molecule has 0 aromatic carbocycles. The standard InChI is InChI=1S/C10H21NO3/c1-4-9(12)7-11(5-2)8(3)6-10(13)14/h8-9,12H,4-7H2,1-3H3,(H,13,14). The first kappa shape index (κ1) is 13.4. The van der Waals surface area contributed by atoms with E-state index in [1.807, 2.05) is 25.7 Å². The van der Waals surface area contributed by atoms with Gasteiger partial charge in [-0.3, -0.25) is 9.69 Å². The van der Waals surface area contributed by atoms with Crippen molar-refractivity contribution in [1.29, 1.82) is 0 Å². The van der Waals surface area contributed by atoms with Gasteiger partial charge in [-0.05, 0) is 19.9 Å². The van der Waals surface area contributed by atoms with Gasteiger partial charge in [0, 0.05) is 12.6 Å². The van der Waals surface area contributed by atoms with E-state index in [1.54, 1.807) is 0 Å². The Morgan fingerprint density at radius 1 is 1.43 bits per heavy atom. The van der Waals surface area contributed by atoms with Gasteiger partial charge in [0.15, 0.2) is 0 Å². The van der Waals surface area contributed by atoms with E-state index in [1.165, 1.54) is 0 Å². The number of aliphatic carboxylic acids is 1. The predicted octanol–water partition coefficient (Wildman–Crippen LogP) is 0.942. The van der Waals surface area contributed by atoms with Gasteiger partial charge in [0.2, 0.25) is 0 Å². The Bertz CT molecular complexity index is 173. The third kappa shape index (κ3) is 5.19. The smallest absolute Gasteiger partial charge is 0.304 e. The van der Waals surface area contributed by atoms with E-state index in [2.05, 4.69) is 0 Å². The van der Waals surface area contributed by atoms with Crippen molar-refractivity contribution in [1.82, 2.24) is 4.90 Å². The van der Waals surface area contributed by atoms with Crippen molar-refractivity contribution in [3.05, 3.63) is 0 Å². The molecule has 0 aliphatic heterocycles. The Morgan fingerprint density at radius 3 is 2.36 bits per heavy atom. The summed E-state index contributed by atoms with van der Waals surface area (Å²) in [6, 6.07) is -0.0151. The third-order valence-electron chi connectivity index (χ3n) is 2.42. The number of hydrogen-bond donors (Lipinski definition) is 2. The number of carboxylic acid groups (broad SMARTS) is 1. The van der Waals surface area contributed by atoms with Crippen LogP contribution in [0.15, 0.2) is 0 Å². The van der Waals surface area contributed by atoms with E-state index in [9.17, 15) is 9.90 Å². The van der Waals surface area contributed by atoms with Crippen LogP contribution in [0.25, 0.3) is 0 Å². The summed E-state index contributed by atoms with van der Waals surface area (Å²) in [5, 5.41) is 18.1. The average Bonchev–Trinajstić information content (AvgIpc) is 2.12. The molecule has 0 heterocycles. The van der Waals surface area contributed by atoms with Gasteiger partial charge < -0.3 is 10.2 Å². The fourth-order valence-corrected chi connectivity index (χ4v) is 1.40. The highest BCUT2D eigenvalue weighted by Gasteiger charge is 2.17. The van der Waals surface area contributed by atoms with Crippen LogP contribution in [-0.2, 0) is 4.79 Å². The molecule has 0 radical (unpaired) electrons. The van der Waals surface area contributed by atoms with Gasteiger partial charge in [-0.25, -0.2) is 0 Å². The van der Waals surface area contributed by atoms with Gasteiger partial charge in [0.1, 0.15) is 0 Å². The van der Waals surface area contributed by atoms with Crippen LogP contribution in [0.2, 0.25) is 0 Å². The van der Waals surface area contributed by atoms with Crippen molar-refractivity contribution in [3.63, 3.8) is 0 Å². The third-order valence-corrected chi connectivity index (χ3v) is 2.42. The highest BCUT2D eigenvalue weighted by atomic mass is 16.4. The summed E-state index contributed by atoms with van der Waals surface area (Å²) >= 11 is 0. The van der Waals surface area contributed by atoms with Crippen molar-refractivity contribution in [2.45, 2.75) is 45.8 Å². The summed E-state index contributed by atoms with van der Waals surface area (Å²) in [6.45, 7) is 7.09. The maximum Gasteiger partial charge on any atom is 0.304 e. The molecule has 4 nitrogen and oxygen atoms in total. The van der Waals surface area contributed by atoms with Crippen LogP contribution in [0.1, 0.15) is 33.6 Å². The average molecular weight is 203 g/mol. The van der Waals surface area contributed by atoms with E-state index < -0.39 is 5.97 Å². The summed E-state index contributed by atoms with van der Waals surface area (Å²) in [6.07, 6.45) is 0.479. The van der Waals surface area contributed by atoms with Crippen LogP contribution in [0.5, 0.6) is 0 Å². The minimum absolute atomic E-state index is 0.0151. The Hall–Kier alpha value is -0.610. The lowest BCUT2D eigenvalue weighted by molar-refractivity contribution is -0.138. The lowest BCUT2D eigenvalue weighted by atomic mass is 10.1. The summed E-state index contributed by atoms with van der Waals surface area (Å²) in [7, 11) is 0. The van der Waals surface area contributed by atoms with Gasteiger partial charge in [-0.15, -0.1) is 0 Å². The molecule has 2 atom stereocenters. The highest BCUT2D eigenvalue weighted by Crippen LogP contribution is 2.06. The summed E-state index contributed by atoms with van der Waals surface area (Å²) in [5.41, 5.74) is 0. The molecule has 0 aliphatic rings. The molecule has 0 saturated heterocycles. The van der Waals surface area contributed by atoms with Crippen LogP contribution >= 0.6 is 0 Å². The quantitative estimate of drug-likeness (QED) is 0.646. The molecule has 2 unspecified atom stereocenters. The number of rotatable bonds is 7. The van der Waals surface area contributed by atoms with Gasteiger partial charge in [0.25, 0.3) is 0 Å². The molecule has 14 heavy (non-hydrogen) atoms. The van der Waals surface area contributed by atoms with Crippen LogP contribution in [0.4, 0.5) is 0 Å². The number of aliphatic hydroxyl groups is 1. The van der Waals surface area contributed by atoms with Crippen molar-refractivity contribution in [2.75, 3.05) is 13.1 Å². The molecule has 0 aromatic rings. The fourth-order valence-electron chi connectivity index (χ4n) is 1.40. The molecular formula is C10H21NO3. The van der Waals surface area contributed by atoms with E-state index in [-0.39, 0.29) is 18.6 Å². The number of likely N-dealkylation sites (N-methyl/N-ethyl adjacent to an activating group) is 1. The highest BCUT2D eigenvalue weighted by molar-refractivity contribution is 5.67. The van der Waals surface area contributed by atoms with Crippen molar-refractivity contribution < 1.29 is 15.0 Å². The predicted molar refractivity (Wildman–Crippen MR) is 55.3 cm³/mol. The summed E-state index contributed by atoms with van der Waals surface area (Å²) in [5.74, 6) is -0.790. The molecule has 0 aromatic heterocycles. The number of carbonyl (C=O) groups is 1. The summed E-state index contributed by atoms with van der Waals surface area (Å²) in [4.78, 5) is 12.5. The zero-order valence-corrected chi connectivity index (χ0v) is 9.23. The SMILES string of the molecule is CCC(O)CN(CC)C(C)CC(=O)O. The Balaban J connectivity index is 4.04. The zero-order chi connectivity index (χ0) is 11.1. The van der Waals surface area contributed by atoms with Crippen LogP contribution < -0.4 is 0 Å². The van der Waals surface area contributed by atoms with Crippen molar-refractivity contribution in [2.24, 2.45) is 0 Å². The minimum atomic E-state index is -0.790. The molecule has 0 amide bonds. The van der Waals surface area contributed by atoms with Gasteiger partial charge in [-0.2, -0.15) is 0 Å². The maximum absolute atomic E-state index is 10.5. The van der Waals surface area contributed by atoms with Crippen molar-refractivity contribution in [3.8, 4) is 0 Å². The molecule has 0 spiro atoms. The second kappa shape index (κ2) is 6.79. The van der Waals surface area contributed by atoms with Crippen LogP contribution in [0.3, 0.4) is 0 Å². The van der Waals surface area contributed by atoms with Gasteiger partial charge in [-0.1, -0.05) is 13.8 Å². The molecule has 0 rings (SSSR count). The molecule has 0 saturated carbocycles. The van der Waals surface area contributed by atoms with Crippen LogP contribution in [-0.4, -0.2) is 46.3 Å². The first-order valence-electron chi connectivity index (χ1n) is 5.15. The monoisotopic (exact) mass is 203 g/mol. The molecule has 4 heteroatoms. The van der Waals surface area contributed by atoms with Gasteiger partial charge in [0.05, 0.1) is 12.5 Å². The zero-order valence-electron chi connectivity index (χ0n) is 9.23. The van der Waals surface area contributed by atoms with E-state index >= 15 is 0 Å². The lowest BCUT2D eigenvalue weighted by Crippen LogP contribution is -2.39. The number of nitrogens with zero attached hydrogens (tertiary/aromatic N) is 1. The second-order valence-corrected chi connectivity index (χ2v) is 3.60. The molecule has 0 fully saturated rings. The molecule has 84 valence electrons. The first-order chi connectivity index (χ1) is 6.51. The largest absolute Gasteiger partial charge is 0.481 e. The van der Waals surface area contributed by atoms with Crippen LogP contribution in [0, 0.1) is 0 Å². The molecule has 2 N–H and O–H groups in total. The molecular weight excluding hydrogens is 182 g/mol.